The highest BCUT2D eigenvalue weighted by molar-refractivity contribution is 6.12. The second-order valence-corrected chi connectivity index (χ2v) is 8.67. The highest BCUT2D eigenvalue weighted by atomic mass is 16.3. The van der Waals surface area contributed by atoms with E-state index in [2.05, 4.69) is 32.6 Å². The largest absolute Gasteiger partial charge is 0.507 e. The van der Waals surface area contributed by atoms with Crippen LogP contribution in [0.25, 0.3) is 0 Å². The van der Waals surface area contributed by atoms with Gasteiger partial charge in [0, 0.05) is 17.2 Å². The molecule has 1 unspecified atom stereocenters. The molecule has 0 amide bonds. The Hall–Kier alpha value is -3.27. The van der Waals surface area contributed by atoms with Gasteiger partial charge in [0.1, 0.15) is 22.8 Å². The SMILES string of the molecule is C=C(C)CCC(Cc1c(O)cc(O)c(C(=O)c2ccccc2)c1O)/C(C)=C/CC=C(C)C. The first-order chi connectivity index (χ1) is 15.1. The van der Waals surface area contributed by atoms with Gasteiger partial charge in [0.25, 0.3) is 0 Å². The van der Waals surface area contributed by atoms with Crippen LogP contribution in [0.15, 0.2) is 71.8 Å². The number of hydrogen-bond acceptors (Lipinski definition) is 4. The fraction of sp³-hybridized carbons (Fsp3) is 0.321. The van der Waals surface area contributed by atoms with Crippen molar-refractivity contribution < 1.29 is 20.1 Å². The number of phenolic OH excluding ortho intramolecular Hbond substituents is 3. The standard InChI is InChI=1S/C28H34O4/c1-18(2)10-9-11-20(5)22(15-14-19(3)4)16-23-24(29)17-25(30)26(28(23)32)27(31)21-12-7-6-8-13-21/h6-8,10-13,17,22,29-30,32H,3,9,14-16H2,1-2,4-5H3/b20-11+. The lowest BCUT2D eigenvalue weighted by molar-refractivity contribution is 0.103. The number of hydrogen-bond donors (Lipinski definition) is 3. The molecule has 32 heavy (non-hydrogen) atoms. The second kappa shape index (κ2) is 11.4. The molecule has 3 N–H and O–H groups in total. The van der Waals surface area contributed by atoms with Gasteiger partial charge < -0.3 is 15.3 Å². The highest BCUT2D eigenvalue weighted by Gasteiger charge is 2.25. The monoisotopic (exact) mass is 434 g/mol. The molecule has 1 atom stereocenters. The normalized spacial score (nSPS) is 12.3. The molecular formula is C28H34O4. The van der Waals surface area contributed by atoms with Crippen molar-refractivity contribution in [2.24, 2.45) is 5.92 Å². The van der Waals surface area contributed by atoms with Gasteiger partial charge in [-0.25, -0.2) is 0 Å². The van der Waals surface area contributed by atoms with Crippen molar-refractivity contribution >= 4 is 5.78 Å². The van der Waals surface area contributed by atoms with Gasteiger partial charge >= 0.3 is 0 Å². The number of phenols is 3. The van der Waals surface area contributed by atoms with Gasteiger partial charge in [-0.2, -0.15) is 0 Å². The summed E-state index contributed by atoms with van der Waals surface area (Å²) in [5.41, 5.74) is 3.88. The van der Waals surface area contributed by atoms with Gasteiger partial charge in [0.05, 0.1) is 0 Å². The van der Waals surface area contributed by atoms with E-state index in [0.29, 0.717) is 12.0 Å². The van der Waals surface area contributed by atoms with Crippen LogP contribution in [0.4, 0.5) is 0 Å². The molecule has 170 valence electrons. The average Bonchev–Trinajstić information content (AvgIpc) is 2.73. The van der Waals surface area contributed by atoms with E-state index < -0.39 is 11.5 Å². The van der Waals surface area contributed by atoms with Crippen molar-refractivity contribution in [3.05, 3.63) is 88.5 Å². The maximum atomic E-state index is 13.0. The smallest absolute Gasteiger partial charge is 0.200 e. The van der Waals surface area contributed by atoms with E-state index in [1.165, 1.54) is 5.57 Å². The number of benzene rings is 2. The van der Waals surface area contributed by atoms with Crippen LogP contribution in [-0.4, -0.2) is 21.1 Å². The van der Waals surface area contributed by atoms with Gasteiger partial charge in [-0.3, -0.25) is 4.79 Å². The second-order valence-electron chi connectivity index (χ2n) is 8.67. The number of ketones is 1. The van der Waals surface area contributed by atoms with Crippen molar-refractivity contribution in [3.63, 3.8) is 0 Å². The van der Waals surface area contributed by atoms with Crippen LogP contribution in [0.1, 0.15) is 68.4 Å². The van der Waals surface area contributed by atoms with Crippen LogP contribution < -0.4 is 0 Å². The summed E-state index contributed by atoms with van der Waals surface area (Å²) in [6, 6.07) is 9.62. The molecule has 4 heteroatoms. The Bertz CT molecular complexity index is 1030. The van der Waals surface area contributed by atoms with E-state index in [4.69, 9.17) is 0 Å². The molecule has 0 heterocycles. The fourth-order valence-electron chi connectivity index (χ4n) is 3.65. The third-order valence-corrected chi connectivity index (χ3v) is 5.60. The number of aromatic hydroxyl groups is 3. The molecule has 0 bridgehead atoms. The molecule has 2 rings (SSSR count). The molecule has 2 aromatic rings. The molecule has 0 fully saturated rings. The summed E-state index contributed by atoms with van der Waals surface area (Å²) < 4.78 is 0. The minimum Gasteiger partial charge on any atom is -0.507 e. The third-order valence-electron chi connectivity index (χ3n) is 5.60. The van der Waals surface area contributed by atoms with Gasteiger partial charge in [0.15, 0.2) is 0 Å². The molecule has 0 aliphatic rings. The first kappa shape index (κ1) is 25.0. The first-order valence-electron chi connectivity index (χ1n) is 10.9. The zero-order chi connectivity index (χ0) is 23.8. The van der Waals surface area contributed by atoms with Gasteiger partial charge in [-0.05, 0) is 59.3 Å². The fourth-order valence-corrected chi connectivity index (χ4v) is 3.65. The lowest BCUT2D eigenvalue weighted by Gasteiger charge is -2.21. The van der Waals surface area contributed by atoms with Crippen molar-refractivity contribution in [2.45, 2.75) is 53.4 Å². The molecule has 0 saturated heterocycles. The average molecular weight is 435 g/mol. The Morgan fingerprint density at radius 2 is 1.66 bits per heavy atom. The molecule has 4 nitrogen and oxygen atoms in total. The minimum atomic E-state index is -0.490. The van der Waals surface area contributed by atoms with Crippen LogP contribution in [0.2, 0.25) is 0 Å². The zero-order valence-corrected chi connectivity index (χ0v) is 19.5. The van der Waals surface area contributed by atoms with Crippen LogP contribution in [0, 0.1) is 5.92 Å². The lowest BCUT2D eigenvalue weighted by Crippen LogP contribution is -2.10. The summed E-state index contributed by atoms with van der Waals surface area (Å²) in [6.45, 7) is 12.1. The maximum absolute atomic E-state index is 13.0. The van der Waals surface area contributed by atoms with Gasteiger partial charge in [-0.1, -0.05) is 59.2 Å². The molecule has 2 aromatic carbocycles. The molecular weight excluding hydrogens is 400 g/mol. The van der Waals surface area contributed by atoms with E-state index in [-0.39, 0.29) is 28.5 Å². The van der Waals surface area contributed by atoms with Crippen molar-refractivity contribution in [3.8, 4) is 17.2 Å². The van der Waals surface area contributed by atoms with E-state index in [0.717, 1.165) is 36.5 Å². The molecule has 0 spiro atoms. The Morgan fingerprint density at radius 3 is 2.25 bits per heavy atom. The minimum absolute atomic E-state index is 0.0401. The summed E-state index contributed by atoms with van der Waals surface area (Å²) in [6.07, 6.45) is 7.06. The van der Waals surface area contributed by atoms with E-state index in [1.807, 2.05) is 13.8 Å². The van der Waals surface area contributed by atoms with E-state index >= 15 is 0 Å². The molecule has 0 aromatic heterocycles. The first-order valence-corrected chi connectivity index (χ1v) is 10.9. The number of carbonyl (C=O) groups is 1. The van der Waals surface area contributed by atoms with E-state index in [9.17, 15) is 20.1 Å². The van der Waals surface area contributed by atoms with Crippen LogP contribution in [0.3, 0.4) is 0 Å². The Morgan fingerprint density at radius 1 is 1.00 bits per heavy atom. The van der Waals surface area contributed by atoms with Crippen molar-refractivity contribution in [1.29, 1.82) is 0 Å². The summed E-state index contributed by atoms with van der Waals surface area (Å²) in [4.78, 5) is 13.0. The highest BCUT2D eigenvalue weighted by Crippen LogP contribution is 2.41. The lowest BCUT2D eigenvalue weighted by atomic mass is 9.85. The topological polar surface area (TPSA) is 77.8 Å². The summed E-state index contributed by atoms with van der Waals surface area (Å²) in [7, 11) is 0. The Balaban J connectivity index is 2.45. The number of rotatable bonds is 10. The molecule has 0 aliphatic heterocycles. The summed E-state index contributed by atoms with van der Waals surface area (Å²) >= 11 is 0. The third kappa shape index (κ3) is 6.61. The predicted octanol–water partition coefficient (Wildman–Crippen LogP) is 6.85. The molecule has 0 aliphatic carbocycles. The summed E-state index contributed by atoms with van der Waals surface area (Å²) in [5, 5.41) is 31.8. The van der Waals surface area contributed by atoms with Crippen molar-refractivity contribution in [2.75, 3.05) is 0 Å². The predicted molar refractivity (Wildman–Crippen MR) is 130 cm³/mol. The zero-order valence-electron chi connectivity index (χ0n) is 19.5. The Labute approximate surface area is 191 Å². The summed E-state index contributed by atoms with van der Waals surface area (Å²) in [5.74, 6) is -1.47. The maximum Gasteiger partial charge on any atom is 0.200 e. The van der Waals surface area contributed by atoms with Crippen LogP contribution in [0.5, 0.6) is 17.2 Å². The van der Waals surface area contributed by atoms with Gasteiger partial charge in [0.2, 0.25) is 5.78 Å². The van der Waals surface area contributed by atoms with Gasteiger partial charge in [-0.15, -0.1) is 6.58 Å². The van der Waals surface area contributed by atoms with E-state index in [1.54, 1.807) is 30.3 Å². The Kier molecular flexibility index (Phi) is 8.89. The molecule has 0 radical (unpaired) electrons. The number of allylic oxidation sites excluding steroid dienone is 5. The number of carbonyl (C=O) groups excluding carboxylic acids is 1. The molecule has 0 saturated carbocycles. The van der Waals surface area contributed by atoms with Crippen LogP contribution in [-0.2, 0) is 6.42 Å². The quantitative estimate of drug-likeness (QED) is 0.282. The van der Waals surface area contributed by atoms with Crippen LogP contribution >= 0.6 is 0 Å². The van der Waals surface area contributed by atoms with Crippen molar-refractivity contribution in [1.82, 2.24) is 0 Å².